The van der Waals surface area contributed by atoms with Gasteiger partial charge in [-0.25, -0.2) is 4.98 Å². The molecule has 3 aromatic rings. The van der Waals surface area contributed by atoms with E-state index in [-0.39, 0.29) is 12.3 Å². The second-order valence-corrected chi connectivity index (χ2v) is 4.66. The van der Waals surface area contributed by atoms with E-state index < -0.39 is 0 Å². The molecule has 0 unspecified atom stereocenters. The average Bonchev–Trinajstić information content (AvgIpc) is 3.03. The second kappa shape index (κ2) is 6.57. The van der Waals surface area contributed by atoms with E-state index in [9.17, 15) is 4.79 Å². The zero-order valence-corrected chi connectivity index (χ0v) is 11.7. The van der Waals surface area contributed by atoms with Crippen LogP contribution in [0.4, 0.5) is 0 Å². The highest BCUT2D eigenvalue weighted by Crippen LogP contribution is 2.12. The maximum absolute atomic E-state index is 11.9. The first-order valence-electron chi connectivity index (χ1n) is 6.78. The smallest absolute Gasteiger partial charge is 0.227 e. The van der Waals surface area contributed by atoms with Crippen LogP contribution in [0, 0.1) is 0 Å². The summed E-state index contributed by atoms with van der Waals surface area (Å²) in [5.41, 5.74) is 1.75. The normalized spacial score (nSPS) is 10.4. The number of carbonyl (C=O) groups excluding carboxylic acids is 1. The van der Waals surface area contributed by atoms with Crippen LogP contribution in [0.3, 0.4) is 0 Å². The van der Waals surface area contributed by atoms with E-state index in [1.54, 1.807) is 24.8 Å². The van der Waals surface area contributed by atoms with E-state index in [1.807, 2.05) is 24.3 Å². The lowest BCUT2D eigenvalue weighted by Crippen LogP contribution is -2.25. The maximum Gasteiger partial charge on any atom is 0.227 e. The summed E-state index contributed by atoms with van der Waals surface area (Å²) in [6.07, 6.45) is 6.92. The van der Waals surface area contributed by atoms with Crippen molar-refractivity contribution in [2.45, 2.75) is 13.0 Å². The van der Waals surface area contributed by atoms with Crippen molar-refractivity contribution in [3.63, 3.8) is 0 Å². The number of amides is 1. The first-order chi connectivity index (χ1) is 10.8. The number of aromatic nitrogens is 5. The Morgan fingerprint density at radius 2 is 1.95 bits per heavy atom. The van der Waals surface area contributed by atoms with Crippen LogP contribution in [0.15, 0.2) is 49.1 Å². The number of pyridine rings is 2. The number of rotatable bonds is 5. The first-order valence-corrected chi connectivity index (χ1v) is 6.78. The van der Waals surface area contributed by atoms with E-state index in [1.165, 1.54) is 0 Å². The summed E-state index contributed by atoms with van der Waals surface area (Å²) >= 11 is 0. The van der Waals surface area contributed by atoms with Gasteiger partial charge >= 0.3 is 0 Å². The summed E-state index contributed by atoms with van der Waals surface area (Å²) in [6, 6.07) is 7.41. The number of aromatic amines is 1. The third kappa shape index (κ3) is 3.51. The van der Waals surface area contributed by atoms with E-state index in [2.05, 4.69) is 30.5 Å². The van der Waals surface area contributed by atoms with Gasteiger partial charge in [0.25, 0.3) is 0 Å². The van der Waals surface area contributed by atoms with Gasteiger partial charge in [-0.3, -0.25) is 19.9 Å². The van der Waals surface area contributed by atoms with Crippen LogP contribution < -0.4 is 5.32 Å². The number of nitrogens with zero attached hydrogens (tertiary/aromatic N) is 4. The van der Waals surface area contributed by atoms with Crippen LogP contribution in [0.2, 0.25) is 0 Å². The molecule has 7 heteroatoms. The van der Waals surface area contributed by atoms with Gasteiger partial charge in [0.05, 0.1) is 6.42 Å². The van der Waals surface area contributed by atoms with Crippen LogP contribution in [-0.2, 0) is 17.8 Å². The Balaban J connectivity index is 1.57. The minimum atomic E-state index is -0.127. The molecule has 2 N–H and O–H groups in total. The van der Waals surface area contributed by atoms with Crippen LogP contribution in [0.25, 0.3) is 11.4 Å². The first kappa shape index (κ1) is 13.9. The number of H-pyrrole nitrogens is 1. The van der Waals surface area contributed by atoms with Crippen molar-refractivity contribution in [1.29, 1.82) is 0 Å². The zero-order valence-electron chi connectivity index (χ0n) is 11.7. The molecule has 0 aliphatic heterocycles. The summed E-state index contributed by atoms with van der Waals surface area (Å²) in [4.78, 5) is 24.2. The third-order valence-electron chi connectivity index (χ3n) is 2.99. The lowest BCUT2D eigenvalue weighted by Gasteiger charge is -2.03. The molecule has 0 saturated carbocycles. The molecule has 0 aliphatic carbocycles. The van der Waals surface area contributed by atoms with Crippen molar-refractivity contribution in [3.05, 3.63) is 60.4 Å². The summed E-state index contributed by atoms with van der Waals surface area (Å²) in [5, 5.41) is 9.68. The van der Waals surface area contributed by atoms with Crippen LogP contribution >= 0.6 is 0 Å². The highest BCUT2D eigenvalue weighted by molar-refractivity contribution is 5.77. The fraction of sp³-hybridized carbons (Fsp3) is 0.133. The highest BCUT2D eigenvalue weighted by Gasteiger charge is 2.09. The fourth-order valence-electron chi connectivity index (χ4n) is 1.92. The molecule has 0 spiro atoms. The van der Waals surface area contributed by atoms with Crippen molar-refractivity contribution in [2.75, 3.05) is 0 Å². The van der Waals surface area contributed by atoms with Crippen LogP contribution in [0.1, 0.15) is 11.4 Å². The van der Waals surface area contributed by atoms with E-state index in [4.69, 9.17) is 0 Å². The molecule has 0 aliphatic rings. The average molecular weight is 294 g/mol. The summed E-state index contributed by atoms with van der Waals surface area (Å²) in [5.74, 6) is 0.920. The molecule has 0 radical (unpaired) electrons. The predicted octanol–water partition coefficient (Wildman–Crippen LogP) is 1.12. The maximum atomic E-state index is 11.9. The van der Waals surface area contributed by atoms with Gasteiger partial charge in [0.15, 0.2) is 5.82 Å². The molecule has 3 aromatic heterocycles. The lowest BCUT2D eigenvalue weighted by molar-refractivity contribution is -0.120. The van der Waals surface area contributed by atoms with Crippen molar-refractivity contribution in [3.8, 4) is 11.4 Å². The molecule has 0 bridgehead atoms. The molecule has 0 saturated heterocycles. The molecule has 3 heterocycles. The topological polar surface area (TPSA) is 96.5 Å². The Morgan fingerprint density at radius 3 is 2.68 bits per heavy atom. The molecule has 22 heavy (non-hydrogen) atoms. The van der Waals surface area contributed by atoms with Crippen LogP contribution in [-0.4, -0.2) is 31.1 Å². The molecule has 0 atom stereocenters. The van der Waals surface area contributed by atoms with Gasteiger partial charge in [-0.05, 0) is 23.8 Å². The Bertz CT molecular complexity index is 741. The van der Waals surface area contributed by atoms with E-state index in [0.717, 1.165) is 11.1 Å². The number of nitrogens with one attached hydrogen (secondary N) is 2. The van der Waals surface area contributed by atoms with Gasteiger partial charge in [0.1, 0.15) is 5.82 Å². The molecule has 7 nitrogen and oxygen atoms in total. The largest absolute Gasteiger partial charge is 0.352 e. The fourth-order valence-corrected chi connectivity index (χ4v) is 1.92. The zero-order chi connectivity index (χ0) is 15.2. The molecular weight excluding hydrogens is 280 g/mol. The van der Waals surface area contributed by atoms with Crippen molar-refractivity contribution >= 4 is 5.91 Å². The summed E-state index contributed by atoms with van der Waals surface area (Å²) < 4.78 is 0. The third-order valence-corrected chi connectivity index (χ3v) is 2.99. The van der Waals surface area contributed by atoms with E-state index >= 15 is 0 Å². The van der Waals surface area contributed by atoms with Gasteiger partial charge in [0, 0.05) is 36.9 Å². The standard InChI is InChI=1S/C15H14N6O/c22-14(18-9-11-3-1-5-16-8-11)7-13-19-15(21-20-13)12-4-2-6-17-10-12/h1-6,8,10H,7,9H2,(H,18,22)(H,19,20,21). The van der Waals surface area contributed by atoms with Crippen molar-refractivity contribution in [2.24, 2.45) is 0 Å². The molecule has 3 rings (SSSR count). The molecule has 0 fully saturated rings. The Kier molecular flexibility index (Phi) is 4.15. The summed E-state index contributed by atoms with van der Waals surface area (Å²) in [6.45, 7) is 0.441. The molecule has 1 amide bonds. The minimum absolute atomic E-state index is 0.127. The minimum Gasteiger partial charge on any atom is -0.352 e. The van der Waals surface area contributed by atoms with Crippen LogP contribution in [0.5, 0.6) is 0 Å². The molecule has 0 aromatic carbocycles. The Morgan fingerprint density at radius 1 is 1.14 bits per heavy atom. The van der Waals surface area contributed by atoms with Gasteiger partial charge in [-0.1, -0.05) is 6.07 Å². The van der Waals surface area contributed by atoms with Gasteiger partial charge in [0.2, 0.25) is 5.91 Å². The lowest BCUT2D eigenvalue weighted by atomic mass is 10.2. The second-order valence-electron chi connectivity index (χ2n) is 4.66. The van der Waals surface area contributed by atoms with E-state index in [0.29, 0.717) is 18.2 Å². The number of carbonyl (C=O) groups is 1. The predicted molar refractivity (Wildman–Crippen MR) is 79.4 cm³/mol. The van der Waals surface area contributed by atoms with Gasteiger partial charge < -0.3 is 5.32 Å². The highest BCUT2D eigenvalue weighted by atomic mass is 16.1. The summed E-state index contributed by atoms with van der Waals surface area (Å²) in [7, 11) is 0. The Labute approximate surface area is 126 Å². The number of hydrogen-bond donors (Lipinski definition) is 2. The van der Waals surface area contributed by atoms with Crippen molar-refractivity contribution in [1.82, 2.24) is 30.5 Å². The number of hydrogen-bond acceptors (Lipinski definition) is 5. The molecule has 110 valence electrons. The van der Waals surface area contributed by atoms with Crippen molar-refractivity contribution < 1.29 is 4.79 Å². The van der Waals surface area contributed by atoms with Gasteiger partial charge in [-0.15, -0.1) is 0 Å². The van der Waals surface area contributed by atoms with Gasteiger partial charge in [-0.2, -0.15) is 5.10 Å². The SMILES string of the molecule is O=C(Cc1nc(-c2cccnc2)n[nH]1)NCc1cccnc1. The Hall–Kier alpha value is -3.09. The quantitative estimate of drug-likeness (QED) is 0.735. The monoisotopic (exact) mass is 294 g/mol. The molecular formula is C15H14N6O.